The lowest BCUT2D eigenvalue weighted by atomic mass is 10.3. The Morgan fingerprint density at radius 1 is 1.33 bits per heavy atom. The maximum atomic E-state index is 12.8. The summed E-state index contributed by atoms with van der Waals surface area (Å²) in [5.74, 6) is 0.282. The van der Waals surface area contributed by atoms with Crippen LogP contribution in [0.25, 0.3) is 0 Å². The third-order valence-electron chi connectivity index (χ3n) is 3.61. The Balaban J connectivity index is 1.69. The molecule has 2 aromatic heterocycles. The van der Waals surface area contributed by atoms with Crippen LogP contribution in [0.3, 0.4) is 0 Å². The maximum Gasteiger partial charge on any atom is 0.316 e. The van der Waals surface area contributed by atoms with Gasteiger partial charge in [0.1, 0.15) is 23.3 Å². The van der Waals surface area contributed by atoms with Crippen LogP contribution in [0.4, 0.5) is 0 Å². The Labute approximate surface area is 139 Å². The molecule has 2 aromatic rings. The summed E-state index contributed by atoms with van der Waals surface area (Å²) >= 11 is 0. The highest BCUT2D eigenvalue weighted by molar-refractivity contribution is 7.89. The fraction of sp³-hybridized carbons (Fsp3) is 0.500. The standard InChI is InChI=1S/C14H18N4O5S/c1-10-13(11(2)23-17-10)24(19,20)18-6-7-21-12(8-18)9-22-14-15-4-3-5-16-14/h3-5,12H,6-9H2,1-2H3. The SMILES string of the molecule is Cc1noc(C)c1S(=O)(=O)N1CCOC(COc2ncccn2)C1. The van der Waals surface area contributed by atoms with Crippen molar-refractivity contribution in [3.63, 3.8) is 0 Å². The summed E-state index contributed by atoms with van der Waals surface area (Å²) in [4.78, 5) is 8.03. The van der Waals surface area contributed by atoms with E-state index in [2.05, 4.69) is 15.1 Å². The van der Waals surface area contributed by atoms with E-state index in [0.717, 1.165) is 0 Å². The molecule has 1 saturated heterocycles. The molecule has 1 aliphatic rings. The van der Waals surface area contributed by atoms with E-state index in [0.29, 0.717) is 5.69 Å². The molecule has 0 N–H and O–H groups in total. The summed E-state index contributed by atoms with van der Waals surface area (Å²) in [6, 6.07) is 1.91. The number of aromatic nitrogens is 3. The lowest BCUT2D eigenvalue weighted by Crippen LogP contribution is -2.47. The van der Waals surface area contributed by atoms with Gasteiger partial charge in [-0.05, 0) is 19.9 Å². The van der Waals surface area contributed by atoms with Gasteiger partial charge in [0, 0.05) is 25.5 Å². The van der Waals surface area contributed by atoms with Crippen molar-refractivity contribution < 1.29 is 22.4 Å². The lowest BCUT2D eigenvalue weighted by Gasteiger charge is -2.31. The number of nitrogens with zero attached hydrogens (tertiary/aromatic N) is 4. The van der Waals surface area contributed by atoms with Gasteiger partial charge in [-0.1, -0.05) is 5.16 Å². The highest BCUT2D eigenvalue weighted by Gasteiger charge is 2.35. The average molecular weight is 354 g/mol. The molecule has 130 valence electrons. The molecular weight excluding hydrogens is 336 g/mol. The zero-order valence-corrected chi connectivity index (χ0v) is 14.2. The molecule has 24 heavy (non-hydrogen) atoms. The number of ether oxygens (including phenoxy) is 2. The van der Waals surface area contributed by atoms with Gasteiger partial charge < -0.3 is 14.0 Å². The molecule has 1 unspecified atom stereocenters. The number of sulfonamides is 1. The quantitative estimate of drug-likeness (QED) is 0.766. The normalized spacial score (nSPS) is 19.3. The number of rotatable bonds is 5. The highest BCUT2D eigenvalue weighted by Crippen LogP contribution is 2.24. The summed E-state index contributed by atoms with van der Waals surface area (Å²) in [5.41, 5.74) is 0.351. The van der Waals surface area contributed by atoms with Crippen molar-refractivity contribution in [1.82, 2.24) is 19.4 Å². The van der Waals surface area contributed by atoms with Gasteiger partial charge in [0.05, 0.1) is 6.61 Å². The second-order valence-corrected chi connectivity index (χ2v) is 7.23. The molecule has 0 spiro atoms. The fourth-order valence-electron chi connectivity index (χ4n) is 2.51. The highest BCUT2D eigenvalue weighted by atomic mass is 32.2. The first-order valence-corrected chi connectivity index (χ1v) is 8.87. The maximum absolute atomic E-state index is 12.8. The van der Waals surface area contributed by atoms with Crippen LogP contribution in [0.5, 0.6) is 6.01 Å². The third-order valence-corrected chi connectivity index (χ3v) is 5.72. The van der Waals surface area contributed by atoms with Gasteiger partial charge in [0.25, 0.3) is 0 Å². The molecule has 3 heterocycles. The van der Waals surface area contributed by atoms with Crippen molar-refractivity contribution in [2.75, 3.05) is 26.3 Å². The second kappa shape index (κ2) is 6.83. The van der Waals surface area contributed by atoms with E-state index < -0.39 is 16.1 Å². The van der Waals surface area contributed by atoms with Gasteiger partial charge >= 0.3 is 6.01 Å². The van der Waals surface area contributed by atoms with E-state index >= 15 is 0 Å². The van der Waals surface area contributed by atoms with Gasteiger partial charge in [-0.25, -0.2) is 18.4 Å². The molecule has 0 saturated carbocycles. The van der Waals surface area contributed by atoms with E-state index in [4.69, 9.17) is 14.0 Å². The van der Waals surface area contributed by atoms with Crippen molar-refractivity contribution >= 4 is 10.0 Å². The number of hydrogen-bond acceptors (Lipinski definition) is 8. The van der Waals surface area contributed by atoms with Crippen LogP contribution in [0.2, 0.25) is 0 Å². The van der Waals surface area contributed by atoms with Gasteiger partial charge in [0.2, 0.25) is 10.0 Å². The minimum absolute atomic E-state index is 0.121. The Kier molecular flexibility index (Phi) is 4.78. The molecule has 3 rings (SSSR count). The predicted molar refractivity (Wildman–Crippen MR) is 82.0 cm³/mol. The second-order valence-electron chi connectivity index (χ2n) is 5.35. The van der Waals surface area contributed by atoms with Crippen LogP contribution >= 0.6 is 0 Å². The molecule has 0 aromatic carbocycles. The Hall–Kier alpha value is -2.04. The molecule has 0 radical (unpaired) electrons. The lowest BCUT2D eigenvalue weighted by molar-refractivity contribution is -0.0265. The van der Waals surface area contributed by atoms with Crippen LogP contribution in [-0.4, -0.2) is 60.3 Å². The van der Waals surface area contributed by atoms with Gasteiger partial charge in [-0.2, -0.15) is 4.31 Å². The Morgan fingerprint density at radius 3 is 2.75 bits per heavy atom. The van der Waals surface area contributed by atoms with E-state index in [1.807, 2.05) is 0 Å². The molecule has 0 amide bonds. The van der Waals surface area contributed by atoms with Crippen molar-refractivity contribution in [1.29, 1.82) is 0 Å². The van der Waals surface area contributed by atoms with Gasteiger partial charge in [-0.15, -0.1) is 0 Å². The molecule has 1 atom stereocenters. The molecule has 1 aliphatic heterocycles. The summed E-state index contributed by atoms with van der Waals surface area (Å²) in [7, 11) is -3.69. The van der Waals surface area contributed by atoms with Crippen LogP contribution in [0.1, 0.15) is 11.5 Å². The summed E-state index contributed by atoms with van der Waals surface area (Å²) in [6.45, 7) is 4.09. The largest absolute Gasteiger partial charge is 0.461 e. The summed E-state index contributed by atoms with van der Waals surface area (Å²) in [6.07, 6.45) is 2.73. The zero-order valence-electron chi connectivity index (χ0n) is 13.4. The van der Waals surface area contributed by atoms with Crippen molar-refractivity contribution in [3.05, 3.63) is 29.9 Å². The molecule has 10 heteroatoms. The van der Waals surface area contributed by atoms with Crippen molar-refractivity contribution in [2.24, 2.45) is 0 Å². The van der Waals surface area contributed by atoms with E-state index in [1.165, 1.54) is 4.31 Å². The van der Waals surface area contributed by atoms with Gasteiger partial charge in [-0.3, -0.25) is 0 Å². The first-order chi connectivity index (χ1) is 11.5. The van der Waals surface area contributed by atoms with Crippen LogP contribution in [0.15, 0.2) is 27.9 Å². The number of hydrogen-bond donors (Lipinski definition) is 0. The van der Waals surface area contributed by atoms with Crippen molar-refractivity contribution in [2.45, 2.75) is 24.8 Å². The summed E-state index contributed by atoms with van der Waals surface area (Å²) in [5, 5.41) is 3.72. The first kappa shape index (κ1) is 16.8. The van der Waals surface area contributed by atoms with Crippen molar-refractivity contribution in [3.8, 4) is 6.01 Å². The number of morpholine rings is 1. The third kappa shape index (κ3) is 3.40. The molecule has 9 nitrogen and oxygen atoms in total. The minimum atomic E-state index is -3.69. The summed E-state index contributed by atoms with van der Waals surface area (Å²) < 4.78 is 43.0. The topological polar surface area (TPSA) is 108 Å². The average Bonchev–Trinajstić information content (AvgIpc) is 2.93. The molecule has 0 bridgehead atoms. The van der Waals surface area contributed by atoms with Gasteiger partial charge in [0.15, 0.2) is 5.76 Å². The van der Waals surface area contributed by atoms with Crippen LogP contribution < -0.4 is 4.74 Å². The van der Waals surface area contributed by atoms with Crippen LogP contribution in [0, 0.1) is 13.8 Å². The monoisotopic (exact) mass is 354 g/mol. The van der Waals surface area contributed by atoms with E-state index in [1.54, 1.807) is 32.3 Å². The Morgan fingerprint density at radius 2 is 2.08 bits per heavy atom. The minimum Gasteiger partial charge on any atom is -0.461 e. The molecule has 1 fully saturated rings. The molecule has 0 aliphatic carbocycles. The van der Waals surface area contributed by atoms with E-state index in [9.17, 15) is 8.42 Å². The van der Waals surface area contributed by atoms with Crippen LogP contribution in [-0.2, 0) is 14.8 Å². The molecular formula is C14H18N4O5S. The van der Waals surface area contributed by atoms with E-state index in [-0.39, 0.29) is 43.0 Å². The predicted octanol–water partition coefficient (Wildman–Crippen LogP) is 0.550. The Bertz CT molecular complexity index is 773. The zero-order chi connectivity index (χ0) is 17.2. The number of aryl methyl sites for hydroxylation is 2. The fourth-order valence-corrected chi connectivity index (χ4v) is 4.26. The first-order valence-electron chi connectivity index (χ1n) is 7.43. The smallest absolute Gasteiger partial charge is 0.316 e.